The minimum atomic E-state index is -0.204. The first-order valence-electron chi connectivity index (χ1n) is 4.13. The molecule has 0 radical (unpaired) electrons. The van der Waals surface area contributed by atoms with Crippen molar-refractivity contribution in [2.24, 2.45) is 0 Å². The third-order valence-electron chi connectivity index (χ3n) is 1.91. The summed E-state index contributed by atoms with van der Waals surface area (Å²) in [6, 6.07) is 8.71. The van der Waals surface area contributed by atoms with E-state index >= 15 is 0 Å². The molecule has 0 aliphatic heterocycles. The Bertz CT molecular complexity index is 422. The Hall–Kier alpha value is -0.970. The molecule has 0 bridgehead atoms. The van der Waals surface area contributed by atoms with Gasteiger partial charge in [-0.3, -0.25) is 4.98 Å². The fourth-order valence-electron chi connectivity index (χ4n) is 1.28. The Labute approximate surface area is 95.1 Å². The Morgan fingerprint density at radius 2 is 2.00 bits per heavy atom. The van der Waals surface area contributed by atoms with Gasteiger partial charge in [0, 0.05) is 27.1 Å². The van der Waals surface area contributed by atoms with Crippen molar-refractivity contribution >= 4 is 22.6 Å². The van der Waals surface area contributed by atoms with Crippen LogP contribution in [0.1, 0.15) is 0 Å². The number of rotatable bonds is 1. The average Bonchev–Trinajstić information content (AvgIpc) is 2.19. The zero-order valence-corrected chi connectivity index (χ0v) is 9.40. The fourth-order valence-corrected chi connectivity index (χ4v) is 2.06. The molecule has 0 atom stereocenters. The second kappa shape index (κ2) is 4.04. The van der Waals surface area contributed by atoms with Crippen molar-refractivity contribution in [3.8, 4) is 11.1 Å². The van der Waals surface area contributed by atoms with Crippen LogP contribution in [-0.4, -0.2) is 4.98 Å². The summed E-state index contributed by atoms with van der Waals surface area (Å²) in [7, 11) is 0. The van der Waals surface area contributed by atoms with Crippen molar-refractivity contribution < 1.29 is 4.39 Å². The minimum absolute atomic E-state index is 0.204. The van der Waals surface area contributed by atoms with Gasteiger partial charge in [-0.2, -0.15) is 0 Å². The lowest BCUT2D eigenvalue weighted by Gasteiger charge is -2.04. The number of halogens is 2. The first kappa shape index (κ1) is 9.58. The maximum Gasteiger partial charge on any atom is 0.132 e. The SMILES string of the molecule is Fc1cccc(I)c1-c1cccnc1. The smallest absolute Gasteiger partial charge is 0.132 e. The van der Waals surface area contributed by atoms with Crippen LogP contribution in [0.25, 0.3) is 11.1 Å². The molecule has 0 saturated heterocycles. The van der Waals surface area contributed by atoms with Crippen LogP contribution in [0, 0.1) is 9.39 Å². The molecule has 2 rings (SSSR count). The van der Waals surface area contributed by atoms with E-state index in [0.29, 0.717) is 5.56 Å². The number of benzene rings is 1. The minimum Gasteiger partial charge on any atom is -0.264 e. The van der Waals surface area contributed by atoms with E-state index in [1.807, 2.05) is 12.1 Å². The molecule has 0 amide bonds. The monoisotopic (exact) mass is 299 g/mol. The Balaban J connectivity index is 2.63. The second-order valence-electron chi connectivity index (χ2n) is 2.84. The third-order valence-corrected chi connectivity index (χ3v) is 2.81. The Morgan fingerprint density at radius 3 is 2.64 bits per heavy atom. The van der Waals surface area contributed by atoms with E-state index in [0.717, 1.165) is 9.13 Å². The molecule has 14 heavy (non-hydrogen) atoms. The highest BCUT2D eigenvalue weighted by Crippen LogP contribution is 2.26. The number of hydrogen-bond acceptors (Lipinski definition) is 1. The lowest BCUT2D eigenvalue weighted by molar-refractivity contribution is 0.630. The van der Waals surface area contributed by atoms with Gasteiger partial charge in [0.2, 0.25) is 0 Å². The van der Waals surface area contributed by atoms with E-state index < -0.39 is 0 Å². The van der Waals surface area contributed by atoms with E-state index in [9.17, 15) is 4.39 Å². The summed E-state index contributed by atoms with van der Waals surface area (Å²) in [6.45, 7) is 0. The number of hydrogen-bond donors (Lipinski definition) is 0. The number of pyridine rings is 1. The van der Waals surface area contributed by atoms with Gasteiger partial charge in [0.05, 0.1) is 0 Å². The van der Waals surface area contributed by atoms with Gasteiger partial charge >= 0.3 is 0 Å². The Kier molecular flexibility index (Phi) is 2.77. The van der Waals surface area contributed by atoms with Crippen LogP contribution in [0.15, 0.2) is 42.7 Å². The van der Waals surface area contributed by atoms with E-state index in [1.54, 1.807) is 24.5 Å². The van der Waals surface area contributed by atoms with Crippen LogP contribution >= 0.6 is 22.6 Å². The average molecular weight is 299 g/mol. The topological polar surface area (TPSA) is 12.9 Å². The van der Waals surface area contributed by atoms with Crippen molar-refractivity contribution in [3.05, 3.63) is 52.1 Å². The normalized spacial score (nSPS) is 10.1. The summed E-state index contributed by atoms with van der Waals surface area (Å²) in [5.41, 5.74) is 1.44. The predicted octanol–water partition coefficient (Wildman–Crippen LogP) is 3.49. The highest BCUT2D eigenvalue weighted by atomic mass is 127. The molecule has 1 aromatic heterocycles. The quantitative estimate of drug-likeness (QED) is 0.735. The first-order valence-corrected chi connectivity index (χ1v) is 5.21. The summed E-state index contributed by atoms with van der Waals surface area (Å²) < 4.78 is 14.4. The van der Waals surface area contributed by atoms with E-state index in [2.05, 4.69) is 27.6 Å². The summed E-state index contributed by atoms with van der Waals surface area (Å²) in [4.78, 5) is 3.97. The molecule has 2 aromatic rings. The van der Waals surface area contributed by atoms with Gasteiger partial charge in [0.1, 0.15) is 5.82 Å². The summed E-state index contributed by atoms with van der Waals surface area (Å²) in [6.07, 6.45) is 3.35. The van der Waals surface area contributed by atoms with Crippen LogP contribution in [0.2, 0.25) is 0 Å². The molecule has 0 unspecified atom stereocenters. The van der Waals surface area contributed by atoms with Crippen LogP contribution in [0.4, 0.5) is 4.39 Å². The molecule has 1 nitrogen and oxygen atoms in total. The van der Waals surface area contributed by atoms with Gasteiger partial charge in [-0.15, -0.1) is 0 Å². The molecule has 0 fully saturated rings. The molecule has 1 aromatic carbocycles. The van der Waals surface area contributed by atoms with E-state index in [1.165, 1.54) is 6.07 Å². The third kappa shape index (κ3) is 1.77. The predicted molar refractivity (Wildman–Crippen MR) is 62.3 cm³/mol. The zero-order chi connectivity index (χ0) is 9.97. The molecule has 0 spiro atoms. The van der Waals surface area contributed by atoms with Crippen molar-refractivity contribution in [3.63, 3.8) is 0 Å². The fraction of sp³-hybridized carbons (Fsp3) is 0. The summed E-state index contributed by atoms with van der Waals surface area (Å²) >= 11 is 2.12. The van der Waals surface area contributed by atoms with Crippen LogP contribution in [-0.2, 0) is 0 Å². The number of nitrogens with zero attached hydrogens (tertiary/aromatic N) is 1. The van der Waals surface area contributed by atoms with Crippen molar-refractivity contribution in [2.45, 2.75) is 0 Å². The van der Waals surface area contributed by atoms with Crippen LogP contribution in [0.3, 0.4) is 0 Å². The summed E-state index contributed by atoms with van der Waals surface area (Å²) in [5, 5.41) is 0. The number of aromatic nitrogens is 1. The molecule has 0 aliphatic carbocycles. The largest absolute Gasteiger partial charge is 0.264 e. The zero-order valence-electron chi connectivity index (χ0n) is 7.24. The molecule has 0 saturated carbocycles. The Morgan fingerprint density at radius 1 is 1.14 bits per heavy atom. The van der Waals surface area contributed by atoms with Gasteiger partial charge in [-0.1, -0.05) is 12.1 Å². The highest BCUT2D eigenvalue weighted by Gasteiger charge is 2.07. The van der Waals surface area contributed by atoms with Gasteiger partial charge in [0.15, 0.2) is 0 Å². The lowest BCUT2D eigenvalue weighted by Crippen LogP contribution is -1.88. The molecular formula is C11H7FIN. The lowest BCUT2D eigenvalue weighted by atomic mass is 10.1. The molecule has 3 heteroatoms. The van der Waals surface area contributed by atoms with Crippen LogP contribution in [0.5, 0.6) is 0 Å². The summed E-state index contributed by atoms with van der Waals surface area (Å²) in [5.74, 6) is -0.204. The molecule has 1 heterocycles. The second-order valence-corrected chi connectivity index (χ2v) is 4.00. The van der Waals surface area contributed by atoms with Gasteiger partial charge in [0.25, 0.3) is 0 Å². The van der Waals surface area contributed by atoms with Gasteiger partial charge in [-0.25, -0.2) is 4.39 Å². The highest BCUT2D eigenvalue weighted by molar-refractivity contribution is 14.1. The molecule has 0 N–H and O–H groups in total. The standard InChI is InChI=1S/C11H7FIN/c12-9-4-1-5-10(13)11(9)8-3-2-6-14-7-8/h1-7H. The van der Waals surface area contributed by atoms with Gasteiger partial charge in [-0.05, 0) is 40.8 Å². The molecular weight excluding hydrogens is 292 g/mol. The van der Waals surface area contributed by atoms with E-state index in [4.69, 9.17) is 0 Å². The van der Waals surface area contributed by atoms with Crippen molar-refractivity contribution in [2.75, 3.05) is 0 Å². The van der Waals surface area contributed by atoms with Crippen molar-refractivity contribution in [1.82, 2.24) is 4.98 Å². The maximum absolute atomic E-state index is 13.5. The van der Waals surface area contributed by atoms with Crippen molar-refractivity contribution in [1.29, 1.82) is 0 Å². The van der Waals surface area contributed by atoms with Gasteiger partial charge < -0.3 is 0 Å². The molecule has 70 valence electrons. The first-order chi connectivity index (χ1) is 6.79. The maximum atomic E-state index is 13.5. The molecule has 0 aliphatic rings. The van der Waals surface area contributed by atoms with E-state index in [-0.39, 0.29) is 5.82 Å². The van der Waals surface area contributed by atoms with Crippen LogP contribution < -0.4 is 0 Å².